The van der Waals surface area contributed by atoms with E-state index >= 15 is 0 Å². The first-order chi connectivity index (χ1) is 7.63. The van der Waals surface area contributed by atoms with Gasteiger partial charge in [-0.05, 0) is 18.1 Å². The maximum Gasteiger partial charge on any atom is 0.317 e. The van der Waals surface area contributed by atoms with Crippen molar-refractivity contribution in [3.63, 3.8) is 0 Å². The van der Waals surface area contributed by atoms with Gasteiger partial charge in [0.1, 0.15) is 5.75 Å². The summed E-state index contributed by atoms with van der Waals surface area (Å²) in [5.41, 5.74) is 5.70. The third-order valence-corrected chi connectivity index (χ3v) is 1.97. The van der Waals surface area contributed by atoms with Crippen LogP contribution in [0.5, 0.6) is 5.75 Å². The monoisotopic (exact) mass is 223 g/mol. The summed E-state index contributed by atoms with van der Waals surface area (Å²) in [4.78, 5) is 20.0. The SMILES string of the molecule is NCC(=O)O.O=C1CCc2ccccc2O1. The van der Waals surface area contributed by atoms with Crippen molar-refractivity contribution >= 4 is 11.9 Å². The number of aliphatic carboxylic acids is 1. The zero-order valence-electron chi connectivity index (χ0n) is 8.68. The van der Waals surface area contributed by atoms with Gasteiger partial charge in [-0.25, -0.2) is 0 Å². The summed E-state index contributed by atoms with van der Waals surface area (Å²) in [6.07, 6.45) is 1.33. The lowest BCUT2D eigenvalue weighted by Crippen LogP contribution is -2.15. The third kappa shape index (κ3) is 3.70. The molecule has 0 bridgehead atoms. The first-order valence-electron chi connectivity index (χ1n) is 4.84. The first kappa shape index (κ1) is 12.2. The molecule has 1 heterocycles. The van der Waals surface area contributed by atoms with E-state index in [1.54, 1.807) is 0 Å². The Labute approximate surface area is 92.8 Å². The minimum atomic E-state index is -0.968. The van der Waals surface area contributed by atoms with Gasteiger partial charge in [0.15, 0.2) is 0 Å². The fraction of sp³-hybridized carbons (Fsp3) is 0.273. The van der Waals surface area contributed by atoms with Crippen molar-refractivity contribution in [2.24, 2.45) is 5.73 Å². The molecule has 0 amide bonds. The molecule has 0 saturated carbocycles. The smallest absolute Gasteiger partial charge is 0.317 e. The number of aryl methyl sites for hydroxylation is 1. The van der Waals surface area contributed by atoms with Gasteiger partial charge in [-0.15, -0.1) is 0 Å². The van der Waals surface area contributed by atoms with Gasteiger partial charge >= 0.3 is 11.9 Å². The largest absolute Gasteiger partial charge is 0.480 e. The van der Waals surface area contributed by atoms with E-state index in [0.717, 1.165) is 17.7 Å². The van der Waals surface area contributed by atoms with Gasteiger partial charge in [-0.3, -0.25) is 9.59 Å². The van der Waals surface area contributed by atoms with Crippen LogP contribution >= 0.6 is 0 Å². The van der Waals surface area contributed by atoms with Crippen molar-refractivity contribution < 1.29 is 19.4 Å². The summed E-state index contributed by atoms with van der Waals surface area (Å²) < 4.78 is 4.99. The molecule has 0 unspecified atom stereocenters. The second-order valence-electron chi connectivity index (χ2n) is 3.18. The Hall–Kier alpha value is -1.88. The van der Waals surface area contributed by atoms with Gasteiger partial charge in [-0.2, -0.15) is 0 Å². The molecule has 0 fully saturated rings. The molecule has 0 spiro atoms. The van der Waals surface area contributed by atoms with Crippen LogP contribution in [0.3, 0.4) is 0 Å². The van der Waals surface area contributed by atoms with Gasteiger partial charge in [0.25, 0.3) is 0 Å². The number of fused-ring (bicyclic) bond motifs is 1. The predicted octanol–water partition coefficient (Wildman–Crippen LogP) is 0.568. The first-order valence-corrected chi connectivity index (χ1v) is 4.84. The normalized spacial score (nSPS) is 12.9. The number of carbonyl (C=O) groups is 2. The number of carboxylic acids is 1. The summed E-state index contributed by atoms with van der Waals surface area (Å²) in [5.74, 6) is -0.363. The Balaban J connectivity index is 0.000000221. The average molecular weight is 223 g/mol. The molecule has 0 aliphatic carbocycles. The highest BCUT2D eigenvalue weighted by Crippen LogP contribution is 2.23. The molecule has 5 nitrogen and oxygen atoms in total. The molecule has 3 N–H and O–H groups in total. The zero-order valence-corrected chi connectivity index (χ0v) is 8.68. The minimum absolute atomic E-state index is 0.122. The fourth-order valence-corrected chi connectivity index (χ4v) is 1.22. The van der Waals surface area contributed by atoms with Crippen molar-refractivity contribution in [2.45, 2.75) is 12.8 Å². The van der Waals surface area contributed by atoms with Crippen LogP contribution < -0.4 is 10.5 Å². The van der Waals surface area contributed by atoms with E-state index in [-0.39, 0.29) is 12.5 Å². The molecule has 1 aromatic carbocycles. The minimum Gasteiger partial charge on any atom is -0.480 e. The van der Waals surface area contributed by atoms with E-state index < -0.39 is 5.97 Å². The van der Waals surface area contributed by atoms with Crippen LogP contribution in [0.1, 0.15) is 12.0 Å². The number of esters is 1. The van der Waals surface area contributed by atoms with Crippen LogP contribution in [0.15, 0.2) is 24.3 Å². The fourth-order valence-electron chi connectivity index (χ4n) is 1.22. The number of hydrogen-bond donors (Lipinski definition) is 2. The Morgan fingerprint density at radius 1 is 1.38 bits per heavy atom. The van der Waals surface area contributed by atoms with Crippen molar-refractivity contribution in [2.75, 3.05) is 6.54 Å². The van der Waals surface area contributed by atoms with Crippen molar-refractivity contribution in [3.05, 3.63) is 29.8 Å². The number of carboxylic acid groups (broad SMARTS) is 1. The maximum atomic E-state index is 10.8. The van der Waals surface area contributed by atoms with E-state index in [1.807, 2.05) is 24.3 Å². The number of rotatable bonds is 1. The second kappa shape index (κ2) is 5.87. The molecule has 16 heavy (non-hydrogen) atoms. The lowest BCUT2D eigenvalue weighted by Gasteiger charge is -2.13. The van der Waals surface area contributed by atoms with E-state index in [0.29, 0.717) is 6.42 Å². The summed E-state index contributed by atoms with van der Waals surface area (Å²) in [5, 5.41) is 7.60. The van der Waals surface area contributed by atoms with Crippen molar-refractivity contribution in [3.8, 4) is 5.75 Å². The predicted molar refractivity (Wildman–Crippen MR) is 57.1 cm³/mol. The number of nitrogens with two attached hydrogens (primary N) is 1. The van der Waals surface area contributed by atoms with Gasteiger partial charge in [0, 0.05) is 0 Å². The lowest BCUT2D eigenvalue weighted by molar-refractivity contribution is -0.136. The third-order valence-electron chi connectivity index (χ3n) is 1.97. The molecular weight excluding hydrogens is 210 g/mol. The van der Waals surface area contributed by atoms with Gasteiger partial charge in [-0.1, -0.05) is 18.2 Å². The summed E-state index contributed by atoms with van der Waals surface area (Å²) in [6, 6.07) is 7.64. The zero-order chi connectivity index (χ0) is 12.0. The standard InChI is InChI=1S/C9H8O2.C2H5NO2/c10-9-6-5-7-3-1-2-4-8(7)11-9;3-1-2(4)5/h1-4H,5-6H2;1,3H2,(H,4,5). The number of hydrogen-bond acceptors (Lipinski definition) is 4. The summed E-state index contributed by atoms with van der Waals surface area (Å²) in [6.45, 7) is -0.278. The molecule has 86 valence electrons. The quantitative estimate of drug-likeness (QED) is 0.536. The van der Waals surface area contributed by atoms with Crippen molar-refractivity contribution in [1.29, 1.82) is 0 Å². The lowest BCUT2D eigenvalue weighted by atomic mass is 10.1. The molecular formula is C11H13NO4. The van der Waals surface area contributed by atoms with Crippen LogP contribution in [0.4, 0.5) is 0 Å². The van der Waals surface area contributed by atoms with Crippen LogP contribution in [0.25, 0.3) is 0 Å². The van der Waals surface area contributed by atoms with Crippen molar-refractivity contribution in [1.82, 2.24) is 0 Å². The number of benzene rings is 1. The maximum absolute atomic E-state index is 10.8. The van der Waals surface area contributed by atoms with Gasteiger partial charge in [0.05, 0.1) is 13.0 Å². The summed E-state index contributed by atoms with van der Waals surface area (Å²) >= 11 is 0. The molecule has 1 aliphatic heterocycles. The second-order valence-corrected chi connectivity index (χ2v) is 3.18. The Morgan fingerprint density at radius 3 is 2.62 bits per heavy atom. The van der Waals surface area contributed by atoms with Crippen LogP contribution in [-0.2, 0) is 16.0 Å². The molecule has 0 saturated heterocycles. The van der Waals surface area contributed by atoms with Crippen LogP contribution in [0.2, 0.25) is 0 Å². The van der Waals surface area contributed by atoms with Crippen LogP contribution in [-0.4, -0.2) is 23.6 Å². The Bertz CT molecular complexity index is 389. The topological polar surface area (TPSA) is 89.6 Å². The molecule has 1 aliphatic rings. The van der Waals surface area contributed by atoms with Gasteiger partial charge in [0.2, 0.25) is 0 Å². The molecule has 0 radical (unpaired) electrons. The molecule has 2 rings (SSSR count). The highest BCUT2D eigenvalue weighted by Gasteiger charge is 2.15. The number of ether oxygens (including phenoxy) is 1. The summed E-state index contributed by atoms with van der Waals surface area (Å²) in [7, 11) is 0. The number of para-hydroxylation sites is 1. The van der Waals surface area contributed by atoms with E-state index in [4.69, 9.17) is 9.84 Å². The molecule has 1 aromatic rings. The Kier molecular flexibility index (Phi) is 4.47. The Morgan fingerprint density at radius 2 is 2.00 bits per heavy atom. The van der Waals surface area contributed by atoms with E-state index in [1.165, 1.54) is 0 Å². The molecule has 5 heteroatoms. The molecule has 0 atom stereocenters. The highest BCUT2D eigenvalue weighted by molar-refractivity contribution is 5.75. The number of carbonyl (C=O) groups excluding carboxylic acids is 1. The average Bonchev–Trinajstić information content (AvgIpc) is 2.29. The van der Waals surface area contributed by atoms with E-state index in [2.05, 4.69) is 5.73 Å². The van der Waals surface area contributed by atoms with Gasteiger partial charge < -0.3 is 15.6 Å². The highest BCUT2D eigenvalue weighted by atomic mass is 16.5. The van der Waals surface area contributed by atoms with E-state index in [9.17, 15) is 9.59 Å². The molecule has 0 aromatic heterocycles. The van der Waals surface area contributed by atoms with Crippen LogP contribution in [0, 0.1) is 0 Å².